The van der Waals surface area contributed by atoms with E-state index in [9.17, 15) is 0 Å². The van der Waals surface area contributed by atoms with Gasteiger partial charge in [0.05, 0.1) is 5.54 Å². The quantitative estimate of drug-likeness (QED) is 0.804. The lowest BCUT2D eigenvalue weighted by atomic mass is 9.87. The van der Waals surface area contributed by atoms with Crippen molar-refractivity contribution in [3.63, 3.8) is 0 Å². The molecule has 92 valence electrons. The summed E-state index contributed by atoms with van der Waals surface area (Å²) >= 11 is 1.69. The summed E-state index contributed by atoms with van der Waals surface area (Å²) in [6, 6.07) is 0. The Bertz CT molecular complexity index is 302. The second-order valence-electron chi connectivity index (χ2n) is 5.18. The van der Waals surface area contributed by atoms with Crippen LogP contribution in [0, 0.1) is 5.41 Å². The number of aromatic nitrogens is 1. The maximum absolute atomic E-state index is 5.81. The molecule has 0 fully saturated rings. The summed E-state index contributed by atoms with van der Waals surface area (Å²) in [5.74, 6) is 0. The van der Waals surface area contributed by atoms with Crippen LogP contribution in [0.2, 0.25) is 0 Å². The van der Waals surface area contributed by atoms with E-state index in [2.05, 4.69) is 38.0 Å². The van der Waals surface area contributed by atoms with Gasteiger partial charge in [-0.05, 0) is 32.2 Å². The predicted octanol–water partition coefficient (Wildman–Crippen LogP) is 2.34. The minimum absolute atomic E-state index is 0.0697. The fourth-order valence-electron chi connectivity index (χ4n) is 1.38. The van der Waals surface area contributed by atoms with Crippen molar-refractivity contribution >= 4 is 11.3 Å². The molecule has 1 heterocycles. The Morgan fingerprint density at radius 1 is 1.44 bits per heavy atom. The van der Waals surface area contributed by atoms with E-state index in [0.717, 1.165) is 18.0 Å². The number of hydrogen-bond acceptors (Lipinski definition) is 4. The van der Waals surface area contributed by atoms with E-state index in [0.29, 0.717) is 6.54 Å². The van der Waals surface area contributed by atoms with E-state index in [1.807, 2.05) is 11.6 Å². The lowest BCUT2D eigenvalue weighted by Gasteiger charge is -2.32. The number of nitrogens with one attached hydrogen (secondary N) is 1. The minimum atomic E-state index is -0.0697. The lowest BCUT2D eigenvalue weighted by Crippen LogP contribution is -2.45. The zero-order valence-corrected chi connectivity index (χ0v) is 11.5. The molecule has 0 aromatic carbocycles. The molecule has 1 aromatic heterocycles. The number of nitrogens with zero attached hydrogens (tertiary/aromatic N) is 1. The lowest BCUT2D eigenvalue weighted by molar-refractivity contribution is 0.257. The molecule has 3 N–H and O–H groups in total. The summed E-state index contributed by atoms with van der Waals surface area (Å²) in [7, 11) is 0. The summed E-state index contributed by atoms with van der Waals surface area (Å²) in [6.45, 7) is 10.4. The van der Waals surface area contributed by atoms with E-state index in [-0.39, 0.29) is 11.0 Å². The molecule has 0 radical (unpaired) electrons. The molecule has 1 unspecified atom stereocenters. The first-order chi connectivity index (χ1) is 7.43. The second-order valence-corrected chi connectivity index (χ2v) is 6.08. The summed E-state index contributed by atoms with van der Waals surface area (Å²) in [5, 5.41) is 6.71. The Labute approximate surface area is 102 Å². The topological polar surface area (TPSA) is 50.9 Å². The first-order valence-corrected chi connectivity index (χ1v) is 6.66. The van der Waals surface area contributed by atoms with Crippen molar-refractivity contribution in [3.05, 3.63) is 16.6 Å². The van der Waals surface area contributed by atoms with Crippen LogP contribution >= 0.6 is 11.3 Å². The van der Waals surface area contributed by atoms with Gasteiger partial charge in [0.2, 0.25) is 0 Å². The number of nitrogens with two attached hydrogens (primary N) is 1. The maximum Gasteiger partial charge on any atom is 0.112 e. The first-order valence-electron chi connectivity index (χ1n) is 5.78. The highest BCUT2D eigenvalue weighted by molar-refractivity contribution is 7.09. The van der Waals surface area contributed by atoms with Crippen molar-refractivity contribution in [1.82, 2.24) is 10.3 Å². The molecule has 0 spiro atoms. The summed E-state index contributed by atoms with van der Waals surface area (Å²) in [6.07, 6.45) is 2.94. The Kier molecular flexibility index (Phi) is 4.47. The molecule has 0 bridgehead atoms. The van der Waals surface area contributed by atoms with E-state index in [1.165, 1.54) is 0 Å². The molecule has 1 rings (SSSR count). The fraction of sp³-hybridized carbons (Fsp3) is 0.750. The third-order valence-corrected chi connectivity index (χ3v) is 4.37. The third-order valence-electron chi connectivity index (χ3n) is 3.27. The van der Waals surface area contributed by atoms with Crippen LogP contribution in [0.25, 0.3) is 0 Å². The van der Waals surface area contributed by atoms with Crippen LogP contribution in [-0.4, -0.2) is 18.1 Å². The molecule has 4 heteroatoms. The average molecular weight is 241 g/mol. The largest absolute Gasteiger partial charge is 0.330 e. The Morgan fingerprint density at radius 2 is 2.12 bits per heavy atom. The normalized spacial score (nSPS) is 16.1. The smallest absolute Gasteiger partial charge is 0.112 e. The molecule has 0 saturated heterocycles. The molecule has 0 amide bonds. The molecule has 1 atom stereocenters. The van der Waals surface area contributed by atoms with Crippen LogP contribution in [0.5, 0.6) is 0 Å². The molecule has 1 aromatic rings. The van der Waals surface area contributed by atoms with Gasteiger partial charge < -0.3 is 11.1 Å². The molecule has 16 heavy (non-hydrogen) atoms. The van der Waals surface area contributed by atoms with Crippen molar-refractivity contribution in [2.75, 3.05) is 13.1 Å². The predicted molar refractivity (Wildman–Crippen MR) is 70.6 cm³/mol. The van der Waals surface area contributed by atoms with Crippen molar-refractivity contribution in [2.24, 2.45) is 11.1 Å². The molecular formula is C12H23N3S. The van der Waals surface area contributed by atoms with Crippen molar-refractivity contribution in [3.8, 4) is 0 Å². The summed E-state index contributed by atoms with van der Waals surface area (Å²) < 4.78 is 0. The van der Waals surface area contributed by atoms with Crippen LogP contribution in [0.1, 0.15) is 39.1 Å². The van der Waals surface area contributed by atoms with Gasteiger partial charge in [-0.1, -0.05) is 13.8 Å². The highest BCUT2D eigenvalue weighted by Gasteiger charge is 2.27. The van der Waals surface area contributed by atoms with Crippen LogP contribution in [0.3, 0.4) is 0 Å². The van der Waals surface area contributed by atoms with Gasteiger partial charge in [0.1, 0.15) is 5.01 Å². The molecule has 0 aliphatic heterocycles. The van der Waals surface area contributed by atoms with Gasteiger partial charge in [-0.2, -0.15) is 0 Å². The van der Waals surface area contributed by atoms with Crippen LogP contribution in [0.4, 0.5) is 0 Å². The summed E-state index contributed by atoms with van der Waals surface area (Å²) in [4.78, 5) is 4.37. The fourth-order valence-corrected chi connectivity index (χ4v) is 2.12. The van der Waals surface area contributed by atoms with E-state index >= 15 is 0 Å². The second kappa shape index (κ2) is 5.25. The molecule has 0 saturated carbocycles. The van der Waals surface area contributed by atoms with E-state index in [4.69, 9.17) is 5.73 Å². The highest BCUT2D eigenvalue weighted by Crippen LogP contribution is 2.25. The number of thiazole rings is 1. The van der Waals surface area contributed by atoms with E-state index < -0.39 is 0 Å². The number of rotatable bonds is 6. The third kappa shape index (κ3) is 3.27. The SMILES string of the molecule is CCC(C)(CN)CNC(C)(C)c1nccs1. The van der Waals surface area contributed by atoms with Crippen molar-refractivity contribution in [2.45, 2.75) is 39.7 Å². The van der Waals surface area contributed by atoms with Gasteiger partial charge in [0.25, 0.3) is 0 Å². The summed E-state index contributed by atoms with van der Waals surface area (Å²) in [5.41, 5.74) is 5.92. The van der Waals surface area contributed by atoms with Gasteiger partial charge >= 0.3 is 0 Å². The van der Waals surface area contributed by atoms with Crippen LogP contribution in [-0.2, 0) is 5.54 Å². The Morgan fingerprint density at radius 3 is 2.56 bits per heavy atom. The van der Waals surface area contributed by atoms with E-state index in [1.54, 1.807) is 11.3 Å². The van der Waals surface area contributed by atoms with Crippen molar-refractivity contribution in [1.29, 1.82) is 0 Å². The zero-order valence-electron chi connectivity index (χ0n) is 10.7. The molecule has 0 aliphatic carbocycles. The van der Waals surface area contributed by atoms with Gasteiger partial charge in [-0.15, -0.1) is 11.3 Å². The minimum Gasteiger partial charge on any atom is -0.330 e. The van der Waals surface area contributed by atoms with Gasteiger partial charge in [-0.3, -0.25) is 0 Å². The monoisotopic (exact) mass is 241 g/mol. The molecular weight excluding hydrogens is 218 g/mol. The zero-order chi connectivity index (χ0) is 12.2. The Balaban J connectivity index is 2.61. The first kappa shape index (κ1) is 13.6. The number of hydrogen-bond donors (Lipinski definition) is 2. The highest BCUT2D eigenvalue weighted by atomic mass is 32.1. The van der Waals surface area contributed by atoms with Gasteiger partial charge in [0.15, 0.2) is 0 Å². The maximum atomic E-state index is 5.81. The van der Waals surface area contributed by atoms with Crippen LogP contribution < -0.4 is 11.1 Å². The van der Waals surface area contributed by atoms with Crippen LogP contribution in [0.15, 0.2) is 11.6 Å². The Hall–Kier alpha value is -0.450. The molecule has 0 aliphatic rings. The van der Waals surface area contributed by atoms with Gasteiger partial charge in [-0.25, -0.2) is 4.98 Å². The standard InChI is InChI=1S/C12H23N3S/c1-5-12(4,8-13)9-15-11(2,3)10-14-6-7-16-10/h6-7,15H,5,8-9,13H2,1-4H3. The average Bonchev–Trinajstić information content (AvgIpc) is 2.80. The van der Waals surface area contributed by atoms with Gasteiger partial charge in [0, 0.05) is 18.1 Å². The van der Waals surface area contributed by atoms with Crippen molar-refractivity contribution < 1.29 is 0 Å². The molecule has 3 nitrogen and oxygen atoms in total.